The molecule has 1 saturated heterocycles. The minimum absolute atomic E-state index is 0.0724. The van der Waals surface area contributed by atoms with Crippen LogP contribution in [0.4, 0.5) is 0 Å². The first-order valence-electron chi connectivity index (χ1n) is 4.16. The van der Waals surface area contributed by atoms with Crippen molar-refractivity contribution in [3.63, 3.8) is 0 Å². The van der Waals surface area contributed by atoms with Crippen LogP contribution in [0.25, 0.3) is 0 Å². The molecule has 2 rings (SSSR count). The van der Waals surface area contributed by atoms with Gasteiger partial charge in [-0.1, -0.05) is 0 Å². The standard InChI is InChI=1S/C8H12N2O2/c1-10-5-3-8(12)6(11)2-4-9-7(8)10/h12H,2-5H2,1H3/t8-/m1/s1. The molecule has 1 atom stereocenters. The molecule has 0 aliphatic carbocycles. The first-order valence-corrected chi connectivity index (χ1v) is 4.16. The maximum absolute atomic E-state index is 11.4. The van der Waals surface area contributed by atoms with Gasteiger partial charge in [-0.25, -0.2) is 0 Å². The van der Waals surface area contributed by atoms with Gasteiger partial charge in [0, 0.05) is 33.0 Å². The highest BCUT2D eigenvalue weighted by Gasteiger charge is 2.48. The van der Waals surface area contributed by atoms with E-state index in [1.54, 1.807) is 0 Å². The van der Waals surface area contributed by atoms with Crippen molar-refractivity contribution >= 4 is 11.6 Å². The van der Waals surface area contributed by atoms with Gasteiger partial charge in [-0.3, -0.25) is 9.79 Å². The summed E-state index contributed by atoms with van der Waals surface area (Å²) in [5.41, 5.74) is -1.24. The van der Waals surface area contributed by atoms with Crippen molar-refractivity contribution in [2.45, 2.75) is 18.4 Å². The summed E-state index contributed by atoms with van der Waals surface area (Å²) in [5, 5.41) is 9.93. The maximum Gasteiger partial charge on any atom is 0.181 e. The zero-order chi connectivity index (χ0) is 8.77. The minimum Gasteiger partial charge on any atom is -0.374 e. The molecule has 0 aromatic heterocycles. The lowest BCUT2D eigenvalue weighted by atomic mass is 9.92. The number of rotatable bonds is 0. The third-order valence-corrected chi connectivity index (χ3v) is 2.60. The molecule has 4 heteroatoms. The van der Waals surface area contributed by atoms with Crippen LogP contribution in [0.3, 0.4) is 0 Å². The van der Waals surface area contributed by atoms with Gasteiger partial charge in [0.05, 0.1) is 0 Å². The molecule has 0 aromatic carbocycles. The first-order chi connectivity index (χ1) is 5.64. The predicted molar refractivity (Wildman–Crippen MR) is 44.1 cm³/mol. The van der Waals surface area contributed by atoms with Crippen LogP contribution in [0, 0.1) is 0 Å². The molecular weight excluding hydrogens is 156 g/mol. The normalized spacial score (nSPS) is 35.0. The number of aliphatic imine (C=N–C) groups is 1. The second-order valence-corrected chi connectivity index (χ2v) is 3.41. The van der Waals surface area contributed by atoms with E-state index < -0.39 is 5.60 Å². The Balaban J connectivity index is 2.41. The van der Waals surface area contributed by atoms with Crippen molar-refractivity contribution in [1.29, 1.82) is 0 Å². The number of aliphatic hydroxyl groups is 1. The molecule has 12 heavy (non-hydrogen) atoms. The van der Waals surface area contributed by atoms with E-state index in [2.05, 4.69) is 4.99 Å². The largest absolute Gasteiger partial charge is 0.374 e. The summed E-state index contributed by atoms with van der Waals surface area (Å²) in [6.07, 6.45) is 0.884. The Morgan fingerprint density at radius 3 is 3.08 bits per heavy atom. The molecule has 2 aliphatic rings. The minimum atomic E-state index is -1.24. The molecule has 1 N–H and O–H groups in total. The van der Waals surface area contributed by atoms with Gasteiger partial charge in [0.15, 0.2) is 11.4 Å². The van der Waals surface area contributed by atoms with Gasteiger partial charge in [0.1, 0.15) is 5.84 Å². The van der Waals surface area contributed by atoms with Gasteiger partial charge >= 0.3 is 0 Å². The third kappa shape index (κ3) is 0.813. The van der Waals surface area contributed by atoms with Gasteiger partial charge in [-0.2, -0.15) is 0 Å². The molecule has 2 heterocycles. The average Bonchev–Trinajstić information content (AvgIpc) is 2.33. The van der Waals surface area contributed by atoms with E-state index in [4.69, 9.17) is 0 Å². The van der Waals surface area contributed by atoms with Crippen LogP contribution in [0.5, 0.6) is 0 Å². The molecule has 0 saturated carbocycles. The van der Waals surface area contributed by atoms with Crippen LogP contribution in [0.1, 0.15) is 12.8 Å². The number of carbonyl (C=O) groups excluding carboxylic acids is 1. The summed E-state index contributed by atoms with van der Waals surface area (Å²) in [5.74, 6) is 0.496. The smallest absolute Gasteiger partial charge is 0.181 e. The van der Waals surface area contributed by atoms with Crippen molar-refractivity contribution in [3.05, 3.63) is 0 Å². The van der Waals surface area contributed by atoms with E-state index in [1.165, 1.54) is 0 Å². The number of nitrogens with zero attached hydrogens (tertiary/aromatic N) is 2. The molecule has 0 radical (unpaired) electrons. The molecule has 2 aliphatic heterocycles. The number of fused-ring (bicyclic) bond motifs is 1. The number of amidine groups is 1. The van der Waals surface area contributed by atoms with Gasteiger partial charge in [0.2, 0.25) is 0 Å². The lowest BCUT2D eigenvalue weighted by Gasteiger charge is -2.26. The van der Waals surface area contributed by atoms with Crippen molar-refractivity contribution in [1.82, 2.24) is 4.90 Å². The Bertz CT molecular complexity index is 262. The number of ketones is 1. The predicted octanol–water partition coefficient (Wildman–Crippen LogP) is -0.576. The van der Waals surface area contributed by atoms with Crippen LogP contribution in [-0.2, 0) is 4.79 Å². The Kier molecular flexibility index (Phi) is 1.48. The molecule has 0 bridgehead atoms. The van der Waals surface area contributed by atoms with E-state index in [-0.39, 0.29) is 5.78 Å². The van der Waals surface area contributed by atoms with Gasteiger partial charge in [-0.05, 0) is 0 Å². The summed E-state index contributed by atoms with van der Waals surface area (Å²) in [6.45, 7) is 1.25. The molecule has 0 aromatic rings. The highest BCUT2D eigenvalue weighted by molar-refractivity contribution is 6.14. The lowest BCUT2D eigenvalue weighted by Crippen LogP contribution is -2.48. The summed E-state index contributed by atoms with van der Waals surface area (Å²) >= 11 is 0. The van der Waals surface area contributed by atoms with E-state index in [9.17, 15) is 9.90 Å². The van der Waals surface area contributed by atoms with Gasteiger partial charge in [0.25, 0.3) is 0 Å². The second-order valence-electron chi connectivity index (χ2n) is 3.41. The van der Waals surface area contributed by atoms with E-state index in [1.807, 2.05) is 11.9 Å². The van der Waals surface area contributed by atoms with Gasteiger partial charge < -0.3 is 10.0 Å². The summed E-state index contributed by atoms with van der Waals surface area (Å²) in [7, 11) is 1.86. The zero-order valence-electron chi connectivity index (χ0n) is 7.08. The van der Waals surface area contributed by atoms with E-state index >= 15 is 0 Å². The van der Waals surface area contributed by atoms with Crippen LogP contribution >= 0.6 is 0 Å². The van der Waals surface area contributed by atoms with Crippen LogP contribution in [0.2, 0.25) is 0 Å². The lowest BCUT2D eigenvalue weighted by molar-refractivity contribution is -0.131. The molecular formula is C8H12N2O2. The number of carbonyl (C=O) groups is 1. The van der Waals surface area contributed by atoms with E-state index in [0.29, 0.717) is 25.2 Å². The fraction of sp³-hybridized carbons (Fsp3) is 0.750. The number of likely N-dealkylation sites (tertiary alicyclic amines) is 1. The van der Waals surface area contributed by atoms with Crippen molar-refractivity contribution in [2.75, 3.05) is 20.1 Å². The topological polar surface area (TPSA) is 52.9 Å². The first kappa shape index (κ1) is 7.73. The molecule has 0 amide bonds. The van der Waals surface area contributed by atoms with Crippen molar-refractivity contribution < 1.29 is 9.90 Å². The number of hydrogen-bond acceptors (Lipinski definition) is 4. The summed E-state index contributed by atoms with van der Waals surface area (Å²) in [4.78, 5) is 17.4. The van der Waals surface area contributed by atoms with Crippen LogP contribution in [-0.4, -0.2) is 47.4 Å². The number of Topliss-reactive ketones (excluding diaryl/α,β-unsaturated/α-hetero) is 1. The molecule has 66 valence electrons. The summed E-state index contributed by atoms with van der Waals surface area (Å²) < 4.78 is 0. The Morgan fingerprint density at radius 2 is 2.42 bits per heavy atom. The zero-order valence-corrected chi connectivity index (χ0v) is 7.08. The van der Waals surface area contributed by atoms with E-state index in [0.717, 1.165) is 6.54 Å². The Labute approximate surface area is 70.9 Å². The summed E-state index contributed by atoms with van der Waals surface area (Å²) in [6, 6.07) is 0. The van der Waals surface area contributed by atoms with Crippen LogP contribution in [0.15, 0.2) is 4.99 Å². The molecule has 4 nitrogen and oxygen atoms in total. The number of hydrogen-bond donors (Lipinski definition) is 1. The average molecular weight is 168 g/mol. The Hall–Kier alpha value is -0.900. The fourth-order valence-corrected chi connectivity index (χ4v) is 1.85. The number of likely N-dealkylation sites (N-methyl/N-ethyl adjacent to an activating group) is 1. The highest BCUT2D eigenvalue weighted by Crippen LogP contribution is 2.27. The monoisotopic (exact) mass is 168 g/mol. The highest BCUT2D eigenvalue weighted by atomic mass is 16.3. The third-order valence-electron chi connectivity index (χ3n) is 2.60. The molecule has 0 unspecified atom stereocenters. The molecule has 0 spiro atoms. The SMILES string of the molecule is CN1CC[C@@]2(O)C(=O)CCN=C12. The van der Waals surface area contributed by atoms with Gasteiger partial charge in [-0.15, -0.1) is 0 Å². The Morgan fingerprint density at radius 1 is 1.67 bits per heavy atom. The maximum atomic E-state index is 11.4. The van der Waals surface area contributed by atoms with Crippen molar-refractivity contribution in [2.24, 2.45) is 4.99 Å². The van der Waals surface area contributed by atoms with Crippen molar-refractivity contribution in [3.8, 4) is 0 Å². The fourth-order valence-electron chi connectivity index (χ4n) is 1.85. The van der Waals surface area contributed by atoms with Crippen LogP contribution < -0.4 is 0 Å². The quantitative estimate of drug-likeness (QED) is 0.526. The second kappa shape index (κ2) is 2.29. The molecule has 1 fully saturated rings.